The van der Waals surface area contributed by atoms with E-state index in [1.807, 2.05) is 18.2 Å². The fourth-order valence-corrected chi connectivity index (χ4v) is 2.02. The molecule has 78 valence electrons. The van der Waals surface area contributed by atoms with Crippen molar-refractivity contribution in [1.29, 1.82) is 5.26 Å². The molecule has 0 aliphatic carbocycles. The van der Waals surface area contributed by atoms with Crippen LogP contribution in [0.5, 0.6) is 0 Å². The summed E-state index contributed by atoms with van der Waals surface area (Å²) in [5.41, 5.74) is 1.70. The summed E-state index contributed by atoms with van der Waals surface area (Å²) in [7, 11) is 1.72. The lowest BCUT2D eigenvalue weighted by atomic mass is 10.1. The molecule has 0 spiro atoms. The van der Waals surface area contributed by atoms with Crippen LogP contribution in [0, 0.1) is 11.3 Å². The van der Waals surface area contributed by atoms with Crippen LogP contribution in [-0.2, 0) is 4.74 Å². The normalized spacial score (nSPS) is 15.9. The van der Waals surface area contributed by atoms with E-state index < -0.39 is 0 Å². The standard InChI is InChI=1S/C11H11BrN2O/c1-15-10-6-14(7-10)11-3-2-9(12)4-8(11)5-13/h2-4,10H,6-7H2,1H3. The quantitative estimate of drug-likeness (QED) is 0.823. The molecule has 1 saturated heterocycles. The van der Waals surface area contributed by atoms with Gasteiger partial charge in [0.2, 0.25) is 0 Å². The Hall–Kier alpha value is -1.05. The molecule has 0 amide bonds. The number of anilines is 1. The average Bonchev–Trinajstić information content (AvgIpc) is 2.18. The van der Waals surface area contributed by atoms with Crippen LogP contribution in [0.15, 0.2) is 22.7 Å². The van der Waals surface area contributed by atoms with Gasteiger partial charge in [0.25, 0.3) is 0 Å². The second kappa shape index (κ2) is 4.21. The average molecular weight is 267 g/mol. The topological polar surface area (TPSA) is 36.3 Å². The van der Waals surface area contributed by atoms with E-state index in [1.54, 1.807) is 7.11 Å². The zero-order chi connectivity index (χ0) is 10.8. The van der Waals surface area contributed by atoms with Gasteiger partial charge in [-0.3, -0.25) is 0 Å². The zero-order valence-corrected chi connectivity index (χ0v) is 9.99. The van der Waals surface area contributed by atoms with Gasteiger partial charge in [0.15, 0.2) is 0 Å². The zero-order valence-electron chi connectivity index (χ0n) is 8.40. The maximum Gasteiger partial charge on any atom is 0.101 e. The van der Waals surface area contributed by atoms with Gasteiger partial charge in [-0.05, 0) is 18.2 Å². The molecule has 4 heteroatoms. The van der Waals surface area contributed by atoms with Crippen LogP contribution >= 0.6 is 15.9 Å². The van der Waals surface area contributed by atoms with Gasteiger partial charge in [-0.25, -0.2) is 0 Å². The number of rotatable bonds is 2. The van der Waals surface area contributed by atoms with Crippen LogP contribution in [0.1, 0.15) is 5.56 Å². The van der Waals surface area contributed by atoms with E-state index in [-0.39, 0.29) is 0 Å². The fourth-order valence-electron chi connectivity index (χ4n) is 1.66. The predicted molar refractivity (Wildman–Crippen MR) is 61.9 cm³/mol. The maximum absolute atomic E-state index is 9.01. The second-order valence-corrected chi connectivity index (χ2v) is 4.45. The van der Waals surface area contributed by atoms with E-state index >= 15 is 0 Å². The van der Waals surface area contributed by atoms with Crippen molar-refractivity contribution in [2.75, 3.05) is 25.1 Å². The molecule has 0 bridgehead atoms. The third-order valence-electron chi connectivity index (χ3n) is 2.60. The van der Waals surface area contributed by atoms with Crippen molar-refractivity contribution >= 4 is 21.6 Å². The molecule has 1 heterocycles. The molecule has 0 N–H and O–H groups in total. The highest BCUT2D eigenvalue weighted by molar-refractivity contribution is 9.10. The lowest BCUT2D eigenvalue weighted by molar-refractivity contribution is 0.0787. The number of nitriles is 1. The highest BCUT2D eigenvalue weighted by Crippen LogP contribution is 2.28. The molecule has 1 aromatic carbocycles. The number of methoxy groups -OCH3 is 1. The van der Waals surface area contributed by atoms with Gasteiger partial charge < -0.3 is 9.64 Å². The summed E-state index contributed by atoms with van der Waals surface area (Å²) in [4.78, 5) is 2.15. The molecular weight excluding hydrogens is 256 g/mol. The molecule has 0 radical (unpaired) electrons. The molecule has 3 nitrogen and oxygen atoms in total. The molecule has 0 unspecified atom stereocenters. The molecule has 1 aromatic rings. The van der Waals surface area contributed by atoms with Crippen LogP contribution < -0.4 is 4.90 Å². The molecule has 0 aromatic heterocycles. The largest absolute Gasteiger partial charge is 0.378 e. The first-order valence-corrected chi connectivity index (χ1v) is 5.51. The van der Waals surface area contributed by atoms with Crippen molar-refractivity contribution in [3.63, 3.8) is 0 Å². The Labute approximate surface area is 97.4 Å². The third-order valence-corrected chi connectivity index (χ3v) is 3.09. The summed E-state index contributed by atoms with van der Waals surface area (Å²) in [6.45, 7) is 1.74. The van der Waals surface area contributed by atoms with Crippen LogP contribution in [0.2, 0.25) is 0 Å². The summed E-state index contributed by atoms with van der Waals surface area (Å²) < 4.78 is 6.14. The third kappa shape index (κ3) is 1.99. The van der Waals surface area contributed by atoms with Crippen LogP contribution in [0.3, 0.4) is 0 Å². The Morgan fingerprint density at radius 1 is 1.53 bits per heavy atom. The van der Waals surface area contributed by atoms with Gasteiger partial charge in [0.05, 0.1) is 17.4 Å². The van der Waals surface area contributed by atoms with Gasteiger partial charge in [-0.15, -0.1) is 0 Å². The Morgan fingerprint density at radius 3 is 2.87 bits per heavy atom. The van der Waals surface area contributed by atoms with Gasteiger partial charge in [-0.1, -0.05) is 15.9 Å². The van der Waals surface area contributed by atoms with Crippen molar-refractivity contribution in [3.05, 3.63) is 28.2 Å². The van der Waals surface area contributed by atoms with E-state index in [0.29, 0.717) is 11.7 Å². The number of nitrogens with zero attached hydrogens (tertiary/aromatic N) is 2. The van der Waals surface area contributed by atoms with Gasteiger partial charge >= 0.3 is 0 Å². The molecule has 0 saturated carbocycles. The van der Waals surface area contributed by atoms with Crippen molar-refractivity contribution in [2.24, 2.45) is 0 Å². The number of halogens is 1. The Bertz CT molecular complexity index is 408. The molecule has 2 rings (SSSR count). The second-order valence-electron chi connectivity index (χ2n) is 3.54. The first kappa shape index (κ1) is 10.5. The van der Waals surface area contributed by atoms with Crippen LogP contribution in [0.25, 0.3) is 0 Å². The first-order valence-electron chi connectivity index (χ1n) is 4.72. The predicted octanol–water partition coefficient (Wildman–Crippen LogP) is 2.16. The SMILES string of the molecule is COC1CN(c2ccc(Br)cc2C#N)C1. The molecule has 1 aliphatic rings. The lowest BCUT2D eigenvalue weighted by Gasteiger charge is -2.40. The van der Waals surface area contributed by atoms with Gasteiger partial charge in [0.1, 0.15) is 6.07 Å². The van der Waals surface area contributed by atoms with Crippen molar-refractivity contribution < 1.29 is 4.74 Å². The molecule has 1 fully saturated rings. The first-order chi connectivity index (χ1) is 7.24. The Morgan fingerprint density at radius 2 is 2.27 bits per heavy atom. The molecular formula is C11H11BrN2O. The Balaban J connectivity index is 2.20. The smallest absolute Gasteiger partial charge is 0.101 e. The van der Waals surface area contributed by atoms with Crippen molar-refractivity contribution in [3.8, 4) is 6.07 Å². The summed E-state index contributed by atoms with van der Waals surface area (Å²) in [6.07, 6.45) is 0.306. The number of hydrogen-bond acceptors (Lipinski definition) is 3. The summed E-state index contributed by atoms with van der Waals surface area (Å²) in [5, 5.41) is 9.01. The Kier molecular flexibility index (Phi) is 2.94. The molecule has 1 aliphatic heterocycles. The highest BCUT2D eigenvalue weighted by Gasteiger charge is 2.27. The molecule has 0 atom stereocenters. The lowest BCUT2D eigenvalue weighted by Crippen LogP contribution is -2.52. The van der Waals surface area contributed by atoms with Crippen molar-refractivity contribution in [2.45, 2.75) is 6.10 Å². The number of ether oxygens (including phenoxy) is 1. The van der Waals surface area contributed by atoms with E-state index in [1.165, 1.54) is 0 Å². The monoisotopic (exact) mass is 266 g/mol. The minimum atomic E-state index is 0.306. The maximum atomic E-state index is 9.01. The molecule has 15 heavy (non-hydrogen) atoms. The van der Waals surface area contributed by atoms with Crippen molar-refractivity contribution in [1.82, 2.24) is 0 Å². The van der Waals surface area contributed by atoms with Crippen LogP contribution in [-0.4, -0.2) is 26.3 Å². The number of hydrogen-bond donors (Lipinski definition) is 0. The minimum absolute atomic E-state index is 0.306. The van der Waals surface area contributed by atoms with E-state index in [2.05, 4.69) is 26.9 Å². The van der Waals surface area contributed by atoms with Gasteiger partial charge in [0, 0.05) is 24.7 Å². The van der Waals surface area contributed by atoms with E-state index in [0.717, 1.165) is 23.2 Å². The highest BCUT2D eigenvalue weighted by atomic mass is 79.9. The van der Waals surface area contributed by atoms with E-state index in [4.69, 9.17) is 10.00 Å². The van der Waals surface area contributed by atoms with E-state index in [9.17, 15) is 0 Å². The fraction of sp³-hybridized carbons (Fsp3) is 0.364. The minimum Gasteiger partial charge on any atom is -0.378 e. The van der Waals surface area contributed by atoms with Crippen LogP contribution in [0.4, 0.5) is 5.69 Å². The number of benzene rings is 1. The summed E-state index contributed by atoms with van der Waals surface area (Å²) >= 11 is 3.36. The summed E-state index contributed by atoms with van der Waals surface area (Å²) in [5.74, 6) is 0. The summed E-state index contributed by atoms with van der Waals surface area (Å²) in [6, 6.07) is 7.97. The van der Waals surface area contributed by atoms with Gasteiger partial charge in [-0.2, -0.15) is 5.26 Å².